The number of carbonyl (C=O) groups is 1. The number of aryl methyl sites for hydroxylation is 1. The first-order valence-corrected chi connectivity index (χ1v) is 11.5. The van der Waals surface area contributed by atoms with Gasteiger partial charge in [-0.2, -0.15) is 4.98 Å². The van der Waals surface area contributed by atoms with Crippen molar-refractivity contribution < 1.29 is 13.7 Å². The number of carbonyl (C=O) groups excluding carboxylic acids is 1. The van der Waals surface area contributed by atoms with Crippen molar-refractivity contribution >= 4 is 23.2 Å². The molecule has 3 aromatic carbocycles. The largest absolute Gasteiger partial charge is 0.334 e. The number of aromatic nitrogens is 2. The minimum absolute atomic E-state index is 0.264. The van der Waals surface area contributed by atoms with E-state index in [9.17, 15) is 9.18 Å². The molecule has 5 rings (SSSR count). The number of allylic oxidation sites excluding steroid dienone is 1. The van der Waals surface area contributed by atoms with Crippen LogP contribution in [-0.4, -0.2) is 21.1 Å². The van der Waals surface area contributed by atoms with E-state index in [0.29, 0.717) is 34.2 Å². The van der Waals surface area contributed by atoms with Gasteiger partial charge in [0.25, 0.3) is 5.89 Å². The highest BCUT2D eigenvalue weighted by atomic mass is 35.5. The van der Waals surface area contributed by atoms with E-state index >= 15 is 0 Å². The Morgan fingerprint density at radius 2 is 1.80 bits per heavy atom. The van der Waals surface area contributed by atoms with E-state index in [0.717, 1.165) is 16.7 Å². The summed E-state index contributed by atoms with van der Waals surface area (Å²) in [5, 5.41) is 7.79. The van der Waals surface area contributed by atoms with E-state index < -0.39 is 6.04 Å². The minimum Gasteiger partial charge on any atom is -0.334 e. The normalized spacial score (nSPS) is 15.9. The summed E-state index contributed by atoms with van der Waals surface area (Å²) in [6.45, 7) is 4.24. The first-order valence-electron chi connectivity index (χ1n) is 11.1. The van der Waals surface area contributed by atoms with Crippen molar-refractivity contribution in [3.63, 3.8) is 0 Å². The van der Waals surface area contributed by atoms with Gasteiger partial charge in [-0.1, -0.05) is 58.7 Å². The van der Waals surface area contributed by atoms with Gasteiger partial charge in [-0.3, -0.25) is 4.90 Å². The SMILES string of the molecule is CC1=C(c2nc(-c3ccc(Cl)cc3)no2)C(c2ccc(F)cc2)NC(=O)N1Cc1cccc(C)c1. The molecule has 1 aliphatic heterocycles. The second-order valence-corrected chi connectivity index (χ2v) is 8.87. The van der Waals surface area contributed by atoms with Crippen molar-refractivity contribution in [2.45, 2.75) is 26.4 Å². The lowest BCUT2D eigenvalue weighted by atomic mass is 9.94. The molecule has 6 nitrogen and oxygen atoms in total. The van der Waals surface area contributed by atoms with Crippen LogP contribution in [0.4, 0.5) is 9.18 Å². The zero-order valence-corrected chi connectivity index (χ0v) is 19.9. The smallest absolute Gasteiger partial charge is 0.322 e. The summed E-state index contributed by atoms with van der Waals surface area (Å²) < 4.78 is 19.3. The molecule has 0 radical (unpaired) electrons. The first kappa shape index (κ1) is 22.8. The monoisotopic (exact) mass is 488 g/mol. The van der Waals surface area contributed by atoms with Gasteiger partial charge in [0, 0.05) is 16.3 Å². The lowest BCUT2D eigenvalue weighted by Crippen LogP contribution is -2.45. The maximum Gasteiger partial charge on any atom is 0.322 e. The third-order valence-electron chi connectivity index (χ3n) is 5.98. The quantitative estimate of drug-likeness (QED) is 0.346. The zero-order valence-electron chi connectivity index (χ0n) is 19.1. The summed E-state index contributed by atoms with van der Waals surface area (Å²) in [7, 11) is 0. The molecule has 0 fully saturated rings. The molecular weight excluding hydrogens is 467 g/mol. The molecule has 2 amide bonds. The van der Waals surface area contributed by atoms with Crippen LogP contribution in [0.25, 0.3) is 17.0 Å². The van der Waals surface area contributed by atoms with Crippen LogP contribution in [0, 0.1) is 12.7 Å². The molecule has 0 spiro atoms. The summed E-state index contributed by atoms with van der Waals surface area (Å²) in [6.07, 6.45) is 0. The molecule has 1 aliphatic rings. The Hall–Kier alpha value is -3.97. The van der Waals surface area contributed by atoms with Crippen LogP contribution in [0.3, 0.4) is 0 Å². The van der Waals surface area contributed by atoms with Gasteiger partial charge in [0.1, 0.15) is 5.82 Å². The average molecular weight is 489 g/mol. The maximum atomic E-state index is 13.6. The highest BCUT2D eigenvalue weighted by molar-refractivity contribution is 6.30. The third-order valence-corrected chi connectivity index (χ3v) is 6.23. The van der Waals surface area contributed by atoms with Crippen LogP contribution < -0.4 is 5.32 Å². The summed E-state index contributed by atoms with van der Waals surface area (Å²) >= 11 is 6.01. The maximum absolute atomic E-state index is 13.6. The van der Waals surface area contributed by atoms with Gasteiger partial charge in [-0.15, -0.1) is 0 Å². The molecular formula is C27H22ClFN4O2. The Labute approximate surface area is 207 Å². The molecule has 35 heavy (non-hydrogen) atoms. The van der Waals surface area contributed by atoms with Gasteiger partial charge in [-0.05, 0) is 61.4 Å². The predicted molar refractivity (Wildman–Crippen MR) is 132 cm³/mol. The van der Waals surface area contributed by atoms with Gasteiger partial charge in [0.2, 0.25) is 5.82 Å². The molecule has 0 saturated carbocycles. The Kier molecular flexibility index (Phi) is 6.09. The fraction of sp³-hybridized carbons (Fsp3) is 0.148. The average Bonchev–Trinajstić information content (AvgIpc) is 3.32. The van der Waals surface area contributed by atoms with E-state index in [4.69, 9.17) is 16.1 Å². The third kappa shape index (κ3) is 4.68. The van der Waals surface area contributed by atoms with Crippen LogP contribution >= 0.6 is 11.6 Å². The van der Waals surface area contributed by atoms with Crippen LogP contribution in [-0.2, 0) is 6.54 Å². The van der Waals surface area contributed by atoms with Crippen LogP contribution in [0.2, 0.25) is 5.02 Å². The molecule has 0 saturated heterocycles. The van der Waals surface area contributed by atoms with Gasteiger partial charge in [0.15, 0.2) is 0 Å². The Morgan fingerprint density at radius 1 is 1.06 bits per heavy atom. The Balaban J connectivity index is 1.59. The second kappa shape index (κ2) is 9.35. The predicted octanol–water partition coefficient (Wildman–Crippen LogP) is 6.54. The number of halogens is 2. The van der Waals surface area contributed by atoms with Crippen molar-refractivity contribution in [1.29, 1.82) is 0 Å². The highest BCUT2D eigenvalue weighted by Gasteiger charge is 2.35. The zero-order chi connectivity index (χ0) is 24.5. The molecule has 4 aromatic rings. The van der Waals surface area contributed by atoms with E-state index in [1.165, 1.54) is 12.1 Å². The second-order valence-electron chi connectivity index (χ2n) is 8.44. The summed E-state index contributed by atoms with van der Waals surface area (Å²) in [6, 6.07) is 20.3. The van der Waals surface area contributed by atoms with Crippen LogP contribution in [0.15, 0.2) is 83.0 Å². The number of urea groups is 1. The molecule has 0 aliphatic carbocycles. The molecule has 2 heterocycles. The van der Waals surface area contributed by atoms with Crippen molar-refractivity contribution in [2.75, 3.05) is 0 Å². The van der Waals surface area contributed by atoms with E-state index in [1.54, 1.807) is 29.2 Å². The van der Waals surface area contributed by atoms with Crippen molar-refractivity contribution in [2.24, 2.45) is 0 Å². The number of nitrogens with one attached hydrogen (secondary N) is 1. The standard InChI is InChI=1S/C27H22ClFN4O2/c1-16-4-3-5-18(14-16)15-33-17(2)23(24(30-27(33)34)19-8-12-22(29)13-9-19)26-31-25(32-35-26)20-6-10-21(28)11-7-20/h3-14,24H,15H2,1-2H3,(H,30,34). The molecule has 1 N–H and O–H groups in total. The Bertz CT molecular complexity index is 1410. The summed E-state index contributed by atoms with van der Waals surface area (Å²) in [5.74, 6) is 0.315. The lowest BCUT2D eigenvalue weighted by Gasteiger charge is -2.35. The molecule has 8 heteroatoms. The minimum atomic E-state index is -0.588. The van der Waals surface area contributed by atoms with E-state index in [1.807, 2.05) is 50.2 Å². The molecule has 1 unspecified atom stereocenters. The fourth-order valence-electron chi connectivity index (χ4n) is 4.20. The molecule has 1 aromatic heterocycles. The lowest BCUT2D eigenvalue weighted by molar-refractivity contribution is 0.203. The highest BCUT2D eigenvalue weighted by Crippen LogP contribution is 2.38. The molecule has 1 atom stereocenters. The number of hydrogen-bond donors (Lipinski definition) is 1. The first-order chi connectivity index (χ1) is 16.9. The van der Waals surface area contributed by atoms with Crippen molar-refractivity contribution in [3.05, 3.63) is 112 Å². The van der Waals surface area contributed by atoms with Crippen LogP contribution in [0.1, 0.15) is 35.5 Å². The van der Waals surface area contributed by atoms with E-state index in [-0.39, 0.29) is 17.7 Å². The molecule has 0 bridgehead atoms. The number of hydrogen-bond acceptors (Lipinski definition) is 4. The Morgan fingerprint density at radius 3 is 2.51 bits per heavy atom. The van der Waals surface area contributed by atoms with Gasteiger partial charge >= 0.3 is 6.03 Å². The topological polar surface area (TPSA) is 71.3 Å². The van der Waals surface area contributed by atoms with Crippen molar-refractivity contribution in [1.82, 2.24) is 20.4 Å². The summed E-state index contributed by atoms with van der Waals surface area (Å²) in [5.41, 5.74) is 4.88. The van der Waals surface area contributed by atoms with Crippen LogP contribution in [0.5, 0.6) is 0 Å². The summed E-state index contributed by atoms with van der Waals surface area (Å²) in [4.78, 5) is 19.5. The van der Waals surface area contributed by atoms with Gasteiger partial charge in [0.05, 0.1) is 18.2 Å². The molecule has 176 valence electrons. The number of benzene rings is 3. The number of amides is 2. The fourth-order valence-corrected chi connectivity index (χ4v) is 4.32. The number of rotatable bonds is 5. The van der Waals surface area contributed by atoms with E-state index in [2.05, 4.69) is 15.5 Å². The van der Waals surface area contributed by atoms with Crippen molar-refractivity contribution in [3.8, 4) is 11.4 Å². The van der Waals surface area contributed by atoms with Gasteiger partial charge in [-0.25, -0.2) is 9.18 Å². The van der Waals surface area contributed by atoms with Gasteiger partial charge < -0.3 is 9.84 Å². The number of nitrogens with zero attached hydrogens (tertiary/aromatic N) is 3.